The number of benzene rings is 1. The summed E-state index contributed by atoms with van der Waals surface area (Å²) in [4.78, 5) is 0.409. The van der Waals surface area contributed by atoms with E-state index in [4.69, 9.17) is 5.14 Å². The van der Waals surface area contributed by atoms with Crippen LogP contribution < -0.4 is 5.14 Å². The lowest BCUT2D eigenvalue weighted by Gasteiger charge is -2.26. The SMILES string of the molecule is CC(C)(C)C(Br)Cc1ccccc1S(N)(=O)=O. The molecule has 0 heterocycles. The minimum Gasteiger partial charge on any atom is -0.225 e. The van der Waals surface area contributed by atoms with Crippen molar-refractivity contribution < 1.29 is 8.42 Å². The highest BCUT2D eigenvalue weighted by Crippen LogP contribution is 2.30. The fourth-order valence-corrected chi connectivity index (χ4v) is 2.58. The zero-order valence-electron chi connectivity index (χ0n) is 10.3. The Bertz CT molecular complexity index is 491. The second kappa shape index (κ2) is 5.08. The van der Waals surface area contributed by atoms with Gasteiger partial charge in [0, 0.05) is 4.83 Å². The third-order valence-corrected chi connectivity index (χ3v) is 5.33. The van der Waals surface area contributed by atoms with E-state index in [-0.39, 0.29) is 15.1 Å². The molecule has 0 spiro atoms. The third-order valence-electron chi connectivity index (χ3n) is 2.62. The summed E-state index contributed by atoms with van der Waals surface area (Å²) in [6, 6.07) is 6.86. The largest absolute Gasteiger partial charge is 0.238 e. The van der Waals surface area contributed by atoms with Gasteiger partial charge in [0.1, 0.15) is 0 Å². The quantitative estimate of drug-likeness (QED) is 0.871. The van der Waals surface area contributed by atoms with Crippen LogP contribution in [0.3, 0.4) is 0 Å². The van der Waals surface area contributed by atoms with Gasteiger partial charge in [0.15, 0.2) is 0 Å². The first kappa shape index (κ1) is 14.7. The van der Waals surface area contributed by atoms with Crippen LogP contribution in [0.2, 0.25) is 0 Å². The minimum atomic E-state index is -3.65. The van der Waals surface area contributed by atoms with E-state index in [9.17, 15) is 8.42 Å². The highest BCUT2D eigenvalue weighted by Gasteiger charge is 2.24. The number of hydrogen-bond donors (Lipinski definition) is 1. The van der Waals surface area contributed by atoms with E-state index in [1.807, 2.05) is 6.07 Å². The molecule has 0 aliphatic carbocycles. The molecule has 0 radical (unpaired) electrons. The summed E-state index contributed by atoms with van der Waals surface area (Å²) in [5, 5.41) is 5.20. The van der Waals surface area contributed by atoms with Crippen molar-refractivity contribution in [2.75, 3.05) is 0 Å². The van der Waals surface area contributed by atoms with Crippen LogP contribution in [0.15, 0.2) is 29.2 Å². The van der Waals surface area contributed by atoms with Crippen molar-refractivity contribution in [2.45, 2.75) is 36.9 Å². The number of sulfonamides is 1. The molecule has 1 aromatic carbocycles. The number of halogens is 1. The lowest BCUT2D eigenvalue weighted by molar-refractivity contribution is 0.396. The molecule has 3 nitrogen and oxygen atoms in total. The lowest BCUT2D eigenvalue weighted by atomic mass is 9.88. The van der Waals surface area contributed by atoms with Crippen LogP contribution in [0.1, 0.15) is 26.3 Å². The Hall–Kier alpha value is -0.390. The molecule has 0 aliphatic rings. The minimum absolute atomic E-state index is 0.0610. The van der Waals surface area contributed by atoms with Crippen LogP contribution in [0.25, 0.3) is 0 Å². The number of alkyl halides is 1. The zero-order chi connectivity index (χ0) is 13.3. The van der Waals surface area contributed by atoms with Gasteiger partial charge in [-0.05, 0) is 23.5 Å². The van der Waals surface area contributed by atoms with Crippen LogP contribution in [-0.2, 0) is 16.4 Å². The van der Waals surface area contributed by atoms with Gasteiger partial charge in [0.2, 0.25) is 10.0 Å². The van der Waals surface area contributed by atoms with Crippen molar-refractivity contribution in [3.8, 4) is 0 Å². The summed E-state index contributed by atoms with van der Waals surface area (Å²) in [5.41, 5.74) is 0.817. The summed E-state index contributed by atoms with van der Waals surface area (Å²) in [7, 11) is -3.65. The van der Waals surface area contributed by atoms with Crippen LogP contribution in [-0.4, -0.2) is 13.2 Å². The topological polar surface area (TPSA) is 60.2 Å². The monoisotopic (exact) mass is 319 g/mol. The van der Waals surface area contributed by atoms with Crippen molar-refractivity contribution in [1.82, 2.24) is 0 Å². The average molecular weight is 320 g/mol. The van der Waals surface area contributed by atoms with E-state index >= 15 is 0 Å². The summed E-state index contributed by atoms with van der Waals surface area (Å²) in [6.45, 7) is 6.31. The molecular formula is C12H18BrNO2S. The maximum Gasteiger partial charge on any atom is 0.238 e. The van der Waals surface area contributed by atoms with Gasteiger partial charge in [-0.2, -0.15) is 0 Å². The molecule has 17 heavy (non-hydrogen) atoms. The predicted molar refractivity (Wildman–Crippen MR) is 73.7 cm³/mol. The molecule has 0 aromatic heterocycles. The number of nitrogens with two attached hydrogens (primary N) is 1. The van der Waals surface area contributed by atoms with Gasteiger partial charge in [-0.1, -0.05) is 54.9 Å². The predicted octanol–water partition coefficient (Wildman–Crippen LogP) is 2.69. The summed E-state index contributed by atoms with van der Waals surface area (Å²) >= 11 is 3.60. The Morgan fingerprint density at radius 2 is 1.82 bits per heavy atom. The van der Waals surface area contributed by atoms with Crippen LogP contribution >= 0.6 is 15.9 Å². The summed E-state index contributed by atoms with van der Waals surface area (Å²) < 4.78 is 22.9. The van der Waals surface area contributed by atoms with Crippen molar-refractivity contribution >= 4 is 26.0 Å². The van der Waals surface area contributed by atoms with Crippen LogP contribution in [0, 0.1) is 5.41 Å². The fourth-order valence-electron chi connectivity index (χ4n) is 1.45. The molecule has 1 rings (SSSR count). The van der Waals surface area contributed by atoms with E-state index < -0.39 is 10.0 Å². The fraction of sp³-hybridized carbons (Fsp3) is 0.500. The van der Waals surface area contributed by atoms with E-state index in [2.05, 4.69) is 36.7 Å². The van der Waals surface area contributed by atoms with E-state index in [1.165, 1.54) is 0 Å². The maximum atomic E-state index is 11.4. The Morgan fingerprint density at radius 3 is 2.29 bits per heavy atom. The smallest absolute Gasteiger partial charge is 0.225 e. The van der Waals surface area contributed by atoms with Gasteiger partial charge in [-0.25, -0.2) is 13.6 Å². The van der Waals surface area contributed by atoms with Crippen molar-refractivity contribution in [3.63, 3.8) is 0 Å². The van der Waals surface area contributed by atoms with Crippen molar-refractivity contribution in [3.05, 3.63) is 29.8 Å². The molecule has 5 heteroatoms. The van der Waals surface area contributed by atoms with Gasteiger partial charge in [0.05, 0.1) is 4.90 Å². The molecule has 0 aliphatic heterocycles. The number of primary sulfonamides is 1. The van der Waals surface area contributed by atoms with Crippen molar-refractivity contribution in [1.29, 1.82) is 0 Å². The second-order valence-electron chi connectivity index (χ2n) is 5.19. The van der Waals surface area contributed by atoms with Crippen LogP contribution in [0.5, 0.6) is 0 Å². The van der Waals surface area contributed by atoms with Gasteiger partial charge in [-0.3, -0.25) is 0 Å². The molecule has 1 atom stereocenters. The standard InChI is InChI=1S/C12H18BrNO2S/c1-12(2,3)11(13)8-9-6-4-5-7-10(9)17(14,15)16/h4-7,11H,8H2,1-3H3,(H2,14,15,16). The maximum absolute atomic E-state index is 11.4. The third kappa shape index (κ3) is 4.08. The van der Waals surface area contributed by atoms with E-state index in [0.29, 0.717) is 6.42 Å². The molecule has 1 unspecified atom stereocenters. The second-order valence-corrected chi connectivity index (χ2v) is 7.83. The van der Waals surface area contributed by atoms with E-state index in [1.54, 1.807) is 18.2 Å². The normalized spacial score (nSPS) is 14.6. The van der Waals surface area contributed by atoms with Crippen LogP contribution in [0.4, 0.5) is 0 Å². The Morgan fingerprint density at radius 1 is 1.29 bits per heavy atom. The zero-order valence-corrected chi connectivity index (χ0v) is 12.7. The number of rotatable bonds is 3. The first-order chi connectivity index (χ1) is 7.62. The number of hydrogen-bond acceptors (Lipinski definition) is 2. The van der Waals surface area contributed by atoms with Crippen molar-refractivity contribution in [2.24, 2.45) is 10.6 Å². The first-order valence-corrected chi connectivity index (χ1v) is 7.83. The molecule has 96 valence electrons. The molecule has 0 fully saturated rings. The molecule has 0 saturated heterocycles. The first-order valence-electron chi connectivity index (χ1n) is 5.37. The Balaban J connectivity index is 3.09. The van der Waals surface area contributed by atoms with Gasteiger partial charge in [0.25, 0.3) is 0 Å². The Kier molecular flexibility index (Phi) is 4.38. The summed E-state index contributed by atoms with van der Waals surface area (Å²) in [6.07, 6.45) is 0.635. The molecule has 0 amide bonds. The van der Waals surface area contributed by atoms with Gasteiger partial charge < -0.3 is 0 Å². The lowest BCUT2D eigenvalue weighted by Crippen LogP contribution is -2.24. The molecule has 1 aromatic rings. The van der Waals surface area contributed by atoms with E-state index in [0.717, 1.165) is 5.56 Å². The molecule has 0 saturated carbocycles. The molecule has 2 N–H and O–H groups in total. The average Bonchev–Trinajstić information content (AvgIpc) is 2.15. The Labute approximate surface area is 112 Å². The molecule has 0 bridgehead atoms. The summed E-state index contributed by atoms with van der Waals surface area (Å²) in [5.74, 6) is 0. The van der Waals surface area contributed by atoms with Gasteiger partial charge >= 0.3 is 0 Å². The van der Waals surface area contributed by atoms with Gasteiger partial charge in [-0.15, -0.1) is 0 Å². The highest BCUT2D eigenvalue weighted by atomic mass is 79.9. The highest BCUT2D eigenvalue weighted by molar-refractivity contribution is 9.09. The molecular weight excluding hydrogens is 302 g/mol.